The van der Waals surface area contributed by atoms with Gasteiger partial charge in [-0.05, 0) is 37.3 Å². The van der Waals surface area contributed by atoms with Crippen molar-refractivity contribution in [2.45, 2.75) is 6.92 Å². The normalized spacial score (nSPS) is 14.0. The van der Waals surface area contributed by atoms with Crippen molar-refractivity contribution < 1.29 is 4.74 Å². The van der Waals surface area contributed by atoms with E-state index in [9.17, 15) is 10.0 Å². The van der Waals surface area contributed by atoms with Crippen LogP contribution >= 0.6 is 11.6 Å². The van der Waals surface area contributed by atoms with Gasteiger partial charge < -0.3 is 5.21 Å². The van der Waals surface area contributed by atoms with Gasteiger partial charge >= 0.3 is 0 Å². The number of H-pyrrole nitrogens is 1. The number of rotatable bonds is 1. The molecule has 0 aliphatic carbocycles. The van der Waals surface area contributed by atoms with Crippen LogP contribution in [0.15, 0.2) is 64.4 Å². The highest BCUT2D eigenvalue weighted by Gasteiger charge is 2.26. The van der Waals surface area contributed by atoms with Gasteiger partial charge in [0.25, 0.3) is 5.56 Å². The highest BCUT2D eigenvalue weighted by molar-refractivity contribution is 6.31. The van der Waals surface area contributed by atoms with Crippen LogP contribution in [0.3, 0.4) is 0 Å². The van der Waals surface area contributed by atoms with Crippen molar-refractivity contribution in [1.82, 2.24) is 9.78 Å². The molecule has 130 valence electrons. The Bertz CT molecular complexity index is 1110. The second kappa shape index (κ2) is 6.31. The molecule has 4 rings (SSSR count). The monoisotopic (exact) mass is 366 g/mol. The topological polar surface area (TPSA) is 76.2 Å². The summed E-state index contributed by atoms with van der Waals surface area (Å²) in [7, 11) is 0. The molecule has 7 heteroatoms. The minimum absolute atomic E-state index is 0.0730. The van der Waals surface area contributed by atoms with Gasteiger partial charge in [-0.3, -0.25) is 9.89 Å². The van der Waals surface area contributed by atoms with E-state index in [1.807, 2.05) is 30.3 Å². The number of aromatic amines is 1. The summed E-state index contributed by atoms with van der Waals surface area (Å²) in [6.45, 7) is 1.70. The number of halogens is 1. The van der Waals surface area contributed by atoms with Crippen molar-refractivity contribution in [1.29, 1.82) is 0 Å². The van der Waals surface area contributed by atoms with E-state index >= 15 is 0 Å². The van der Waals surface area contributed by atoms with E-state index < -0.39 is 0 Å². The third-order valence-electron chi connectivity index (χ3n) is 4.15. The molecule has 0 radical (unpaired) electrons. The summed E-state index contributed by atoms with van der Waals surface area (Å²) >= 11 is 6.17. The van der Waals surface area contributed by atoms with Crippen LogP contribution in [0.25, 0.3) is 0 Å². The van der Waals surface area contributed by atoms with Crippen molar-refractivity contribution in [2.75, 3.05) is 6.54 Å². The lowest BCUT2D eigenvalue weighted by atomic mass is 10.0. The number of fused-ring (bicyclic) bond motifs is 1. The van der Waals surface area contributed by atoms with Gasteiger partial charge in [-0.25, -0.2) is 4.99 Å². The zero-order chi connectivity index (χ0) is 18.3. The molecule has 2 aromatic carbocycles. The van der Waals surface area contributed by atoms with Gasteiger partial charge in [0, 0.05) is 22.3 Å². The smallest absolute Gasteiger partial charge is 0.272 e. The van der Waals surface area contributed by atoms with Crippen molar-refractivity contribution in [3.05, 3.63) is 92.0 Å². The highest BCUT2D eigenvalue weighted by atomic mass is 35.5. The number of aliphatic imine (C=N–C) groups is 1. The Morgan fingerprint density at radius 2 is 1.96 bits per heavy atom. The van der Waals surface area contributed by atoms with Crippen LogP contribution in [-0.2, 0) is 0 Å². The summed E-state index contributed by atoms with van der Waals surface area (Å²) < 4.78 is 2.14. The maximum absolute atomic E-state index is 13.0. The standard InChI is InChI=1S/C19H15ClN4O2/c1-12-9-18(25)24(22-12)17-11-23(26)19(13-5-3-2-4-6-13)15-10-14(20)7-8-16(15)21-17/h2-10,22H,11H2,1H3. The predicted molar refractivity (Wildman–Crippen MR) is 102 cm³/mol. The van der Waals surface area contributed by atoms with Crippen molar-refractivity contribution in [2.24, 2.45) is 4.99 Å². The van der Waals surface area contributed by atoms with E-state index in [0.717, 1.165) is 10.3 Å². The van der Waals surface area contributed by atoms with Gasteiger partial charge in [-0.15, -0.1) is 0 Å². The Hall–Kier alpha value is -3.12. The van der Waals surface area contributed by atoms with Crippen LogP contribution in [0.5, 0.6) is 0 Å². The minimum atomic E-state index is -0.256. The first-order valence-electron chi connectivity index (χ1n) is 8.06. The van der Waals surface area contributed by atoms with E-state index in [0.29, 0.717) is 33.5 Å². The van der Waals surface area contributed by atoms with Crippen LogP contribution in [0.1, 0.15) is 16.8 Å². The molecule has 26 heavy (non-hydrogen) atoms. The molecule has 1 aromatic heterocycles. The summed E-state index contributed by atoms with van der Waals surface area (Å²) in [6, 6.07) is 16.0. The lowest BCUT2D eigenvalue weighted by molar-refractivity contribution is -0.439. The van der Waals surface area contributed by atoms with Gasteiger partial charge in [-0.1, -0.05) is 29.8 Å². The minimum Gasteiger partial charge on any atom is -0.623 e. The van der Waals surface area contributed by atoms with Crippen molar-refractivity contribution >= 4 is 28.8 Å². The number of nitrogens with one attached hydrogen (secondary N) is 1. The molecule has 2 heterocycles. The molecule has 0 saturated carbocycles. The molecule has 0 atom stereocenters. The molecular formula is C19H15ClN4O2. The molecule has 0 spiro atoms. The van der Waals surface area contributed by atoms with Crippen LogP contribution in [0.2, 0.25) is 5.02 Å². The SMILES string of the molecule is Cc1cc(=O)n(C2=Nc3ccc(Cl)cc3C(c3ccccc3)=[N+]([O-])C2)[nH]1. The molecule has 0 unspecified atom stereocenters. The van der Waals surface area contributed by atoms with E-state index in [4.69, 9.17) is 11.6 Å². The predicted octanol–water partition coefficient (Wildman–Crippen LogP) is 3.08. The Morgan fingerprint density at radius 1 is 1.19 bits per heavy atom. The summed E-state index contributed by atoms with van der Waals surface area (Å²) in [5, 5.41) is 16.5. The number of nitrogens with zero attached hydrogens (tertiary/aromatic N) is 3. The van der Waals surface area contributed by atoms with Gasteiger partial charge in [0.2, 0.25) is 12.3 Å². The Kier molecular flexibility index (Phi) is 3.97. The maximum atomic E-state index is 13.0. The molecule has 0 saturated heterocycles. The Balaban J connectivity index is 1.98. The third-order valence-corrected chi connectivity index (χ3v) is 4.39. The number of benzene rings is 2. The summed E-state index contributed by atoms with van der Waals surface area (Å²) in [6.07, 6.45) is 0. The average molecular weight is 367 g/mol. The fraction of sp³-hybridized carbons (Fsp3) is 0.105. The van der Waals surface area contributed by atoms with Gasteiger partial charge in [0.1, 0.15) is 0 Å². The second-order valence-electron chi connectivity index (χ2n) is 6.05. The molecule has 1 aliphatic heterocycles. The zero-order valence-electron chi connectivity index (χ0n) is 13.9. The van der Waals surface area contributed by atoms with Gasteiger partial charge in [0.05, 0.1) is 11.3 Å². The lowest BCUT2D eigenvalue weighted by Gasteiger charge is -2.10. The molecule has 0 bridgehead atoms. The highest BCUT2D eigenvalue weighted by Crippen LogP contribution is 2.28. The number of hydrogen-bond donors (Lipinski definition) is 1. The third kappa shape index (κ3) is 2.84. The number of aryl methyl sites for hydroxylation is 1. The molecule has 6 nitrogen and oxygen atoms in total. The van der Waals surface area contributed by atoms with Gasteiger partial charge in [0.15, 0.2) is 5.84 Å². The first kappa shape index (κ1) is 16.4. The molecule has 1 N–H and O–H groups in total. The number of hydroxylamine groups is 1. The van der Waals surface area contributed by atoms with E-state index in [1.54, 1.807) is 25.1 Å². The summed E-state index contributed by atoms with van der Waals surface area (Å²) in [4.78, 5) is 16.8. The largest absolute Gasteiger partial charge is 0.623 e. The molecule has 0 fully saturated rings. The first-order valence-corrected chi connectivity index (χ1v) is 8.44. The van der Waals surface area contributed by atoms with Crippen LogP contribution in [0.4, 0.5) is 5.69 Å². The lowest BCUT2D eigenvalue weighted by Crippen LogP contribution is -2.32. The second-order valence-corrected chi connectivity index (χ2v) is 6.49. The Labute approximate surface area is 154 Å². The number of hydrogen-bond acceptors (Lipinski definition) is 3. The van der Waals surface area contributed by atoms with E-state index in [1.165, 1.54) is 10.7 Å². The van der Waals surface area contributed by atoms with E-state index in [2.05, 4.69) is 10.1 Å². The van der Waals surface area contributed by atoms with E-state index in [-0.39, 0.29) is 12.1 Å². The van der Waals surface area contributed by atoms with Crippen molar-refractivity contribution in [3.63, 3.8) is 0 Å². The molecule has 0 amide bonds. The average Bonchev–Trinajstić information content (AvgIpc) is 2.88. The quantitative estimate of drug-likeness (QED) is 0.530. The fourth-order valence-electron chi connectivity index (χ4n) is 3.03. The zero-order valence-corrected chi connectivity index (χ0v) is 14.7. The van der Waals surface area contributed by atoms with Crippen LogP contribution < -0.4 is 5.56 Å². The summed E-state index contributed by atoms with van der Waals surface area (Å²) in [5.41, 5.74) is 2.89. The van der Waals surface area contributed by atoms with Crippen LogP contribution in [0, 0.1) is 12.1 Å². The maximum Gasteiger partial charge on any atom is 0.272 e. The van der Waals surface area contributed by atoms with Crippen LogP contribution in [-0.4, -0.2) is 32.6 Å². The molecular weight excluding hydrogens is 352 g/mol. The molecule has 1 aliphatic rings. The number of aromatic nitrogens is 2. The summed E-state index contributed by atoms with van der Waals surface area (Å²) in [5.74, 6) is 0.326. The van der Waals surface area contributed by atoms with Crippen molar-refractivity contribution in [3.8, 4) is 0 Å². The Morgan fingerprint density at radius 3 is 2.65 bits per heavy atom. The molecule has 3 aromatic rings. The van der Waals surface area contributed by atoms with Gasteiger partial charge in [-0.2, -0.15) is 9.42 Å². The fourth-order valence-corrected chi connectivity index (χ4v) is 3.21. The first-order chi connectivity index (χ1) is 12.5.